The molecule has 1 aliphatic heterocycles. The van der Waals surface area contributed by atoms with Gasteiger partial charge in [-0.1, -0.05) is 48.0 Å². The number of aryl methyl sites for hydroxylation is 1. The van der Waals surface area contributed by atoms with Crippen molar-refractivity contribution >= 4 is 34.7 Å². The summed E-state index contributed by atoms with van der Waals surface area (Å²) in [5.41, 5.74) is 0.0401. The summed E-state index contributed by atoms with van der Waals surface area (Å²) in [5, 5.41) is 10.9. The molecule has 0 spiro atoms. The minimum absolute atomic E-state index is 0.0610. The van der Waals surface area contributed by atoms with Crippen molar-refractivity contribution in [2.45, 2.75) is 19.6 Å². The highest BCUT2D eigenvalue weighted by atomic mass is 32.2. The molecular formula is C25H17F3N2O5S. The number of halogens is 3. The molecular weight excluding hydrogens is 497 g/mol. The van der Waals surface area contributed by atoms with Crippen LogP contribution in [0, 0.1) is 17.0 Å². The van der Waals surface area contributed by atoms with E-state index in [1.54, 1.807) is 24.3 Å². The summed E-state index contributed by atoms with van der Waals surface area (Å²) in [4.78, 5) is 37.1. The molecule has 1 aliphatic rings. The maximum atomic E-state index is 13.0. The monoisotopic (exact) mass is 514 g/mol. The molecule has 0 aromatic heterocycles. The van der Waals surface area contributed by atoms with Gasteiger partial charge in [0.05, 0.1) is 21.9 Å². The number of carbonyl (C=O) groups excluding carboxylic acids is 2. The van der Waals surface area contributed by atoms with Gasteiger partial charge in [0.1, 0.15) is 5.75 Å². The molecule has 0 N–H and O–H groups in total. The second-order valence-electron chi connectivity index (χ2n) is 7.83. The van der Waals surface area contributed by atoms with Gasteiger partial charge in [0.15, 0.2) is 0 Å². The molecule has 3 aromatic rings. The van der Waals surface area contributed by atoms with Crippen molar-refractivity contribution in [3.05, 3.63) is 104 Å². The Labute approximate surface area is 207 Å². The van der Waals surface area contributed by atoms with Crippen molar-refractivity contribution in [1.82, 2.24) is 4.90 Å². The van der Waals surface area contributed by atoms with Gasteiger partial charge in [-0.15, -0.1) is 0 Å². The van der Waals surface area contributed by atoms with Crippen molar-refractivity contribution in [2.24, 2.45) is 0 Å². The summed E-state index contributed by atoms with van der Waals surface area (Å²) in [6.07, 6.45) is -3.35. The number of rotatable bonds is 6. The molecule has 0 radical (unpaired) electrons. The zero-order valence-corrected chi connectivity index (χ0v) is 19.4. The molecule has 11 heteroatoms. The fraction of sp³-hybridized carbons (Fsp3) is 0.120. The smallest absolute Gasteiger partial charge is 0.416 e. The third-order valence-corrected chi connectivity index (χ3v) is 6.11. The lowest BCUT2D eigenvalue weighted by Crippen LogP contribution is -2.27. The minimum atomic E-state index is -4.76. The first-order valence-electron chi connectivity index (χ1n) is 10.5. The van der Waals surface area contributed by atoms with Crippen LogP contribution in [0.15, 0.2) is 71.6 Å². The van der Waals surface area contributed by atoms with Gasteiger partial charge in [-0.25, -0.2) is 0 Å². The highest BCUT2D eigenvalue weighted by Gasteiger charge is 2.36. The van der Waals surface area contributed by atoms with E-state index in [-0.39, 0.29) is 17.2 Å². The molecule has 2 amide bonds. The molecule has 0 bridgehead atoms. The van der Waals surface area contributed by atoms with Gasteiger partial charge in [0.25, 0.3) is 11.1 Å². The largest absolute Gasteiger partial charge is 0.449 e. The molecule has 1 fully saturated rings. The normalized spacial score (nSPS) is 15.0. The number of nitrogens with zero attached hydrogens (tertiary/aromatic N) is 2. The van der Waals surface area contributed by atoms with Crippen LogP contribution < -0.4 is 4.74 Å². The van der Waals surface area contributed by atoms with Crippen LogP contribution in [0.25, 0.3) is 6.08 Å². The molecule has 3 aromatic carbocycles. The van der Waals surface area contributed by atoms with Gasteiger partial charge < -0.3 is 4.74 Å². The molecule has 36 heavy (non-hydrogen) atoms. The predicted octanol–water partition coefficient (Wildman–Crippen LogP) is 6.95. The van der Waals surface area contributed by atoms with E-state index in [1.165, 1.54) is 12.1 Å². The highest BCUT2D eigenvalue weighted by Crippen LogP contribution is 2.40. The summed E-state index contributed by atoms with van der Waals surface area (Å²) < 4.78 is 44.6. The van der Waals surface area contributed by atoms with Crippen molar-refractivity contribution in [1.29, 1.82) is 0 Å². The topological polar surface area (TPSA) is 89.8 Å². The van der Waals surface area contributed by atoms with E-state index >= 15 is 0 Å². The zero-order chi connectivity index (χ0) is 26.0. The number of amides is 2. The average molecular weight is 514 g/mol. The summed E-state index contributed by atoms with van der Waals surface area (Å²) >= 11 is 0.738. The number of alkyl halides is 3. The van der Waals surface area contributed by atoms with Crippen molar-refractivity contribution < 1.29 is 32.4 Å². The maximum absolute atomic E-state index is 13.0. The Morgan fingerprint density at radius 1 is 1.03 bits per heavy atom. The Bertz CT molecular complexity index is 1400. The predicted molar refractivity (Wildman–Crippen MR) is 127 cm³/mol. The maximum Gasteiger partial charge on any atom is 0.416 e. The van der Waals surface area contributed by atoms with E-state index < -0.39 is 39.2 Å². The summed E-state index contributed by atoms with van der Waals surface area (Å²) in [7, 11) is 0. The lowest BCUT2D eigenvalue weighted by molar-refractivity contribution is -0.385. The zero-order valence-electron chi connectivity index (χ0n) is 18.6. The van der Waals surface area contributed by atoms with Crippen LogP contribution in [-0.4, -0.2) is 21.0 Å². The first-order valence-corrected chi connectivity index (χ1v) is 11.3. The molecule has 0 atom stereocenters. The fourth-order valence-electron chi connectivity index (χ4n) is 3.50. The van der Waals surface area contributed by atoms with Gasteiger partial charge >= 0.3 is 11.9 Å². The number of hydrogen-bond donors (Lipinski definition) is 0. The van der Waals surface area contributed by atoms with Crippen LogP contribution in [0.5, 0.6) is 11.5 Å². The van der Waals surface area contributed by atoms with Crippen molar-refractivity contribution in [3.8, 4) is 11.5 Å². The lowest BCUT2D eigenvalue weighted by Gasteiger charge is -2.13. The van der Waals surface area contributed by atoms with E-state index in [1.807, 2.05) is 25.1 Å². The van der Waals surface area contributed by atoms with Crippen molar-refractivity contribution in [2.75, 3.05) is 0 Å². The molecule has 4 rings (SSSR count). The average Bonchev–Trinajstić information content (AvgIpc) is 3.07. The molecule has 0 saturated carbocycles. The number of nitro benzene ring substituents is 1. The van der Waals surface area contributed by atoms with Crippen LogP contribution in [0.2, 0.25) is 0 Å². The van der Waals surface area contributed by atoms with Crippen LogP contribution in [0.3, 0.4) is 0 Å². The summed E-state index contributed by atoms with van der Waals surface area (Å²) in [6, 6.07) is 15.5. The number of thioether (sulfide) groups is 1. The van der Waals surface area contributed by atoms with Gasteiger partial charge in [-0.05, 0) is 48.5 Å². The van der Waals surface area contributed by atoms with Gasteiger partial charge in [-0.2, -0.15) is 13.2 Å². The molecule has 1 saturated heterocycles. The molecule has 7 nitrogen and oxygen atoms in total. The minimum Gasteiger partial charge on any atom is -0.449 e. The quantitative estimate of drug-likeness (QED) is 0.201. The third-order valence-electron chi connectivity index (χ3n) is 5.21. The number of nitro groups is 1. The number of imide groups is 1. The number of carbonyl (C=O) groups is 2. The second kappa shape index (κ2) is 9.86. The Balaban J connectivity index is 1.62. The Morgan fingerprint density at radius 3 is 2.47 bits per heavy atom. The van der Waals surface area contributed by atoms with Crippen LogP contribution >= 0.6 is 11.8 Å². The summed E-state index contributed by atoms with van der Waals surface area (Å²) in [5.74, 6) is -0.853. The molecule has 0 unspecified atom stereocenters. The number of para-hydroxylation sites is 1. The van der Waals surface area contributed by atoms with E-state index in [0.717, 1.165) is 33.9 Å². The van der Waals surface area contributed by atoms with E-state index in [2.05, 4.69) is 0 Å². The van der Waals surface area contributed by atoms with Crippen molar-refractivity contribution in [3.63, 3.8) is 0 Å². The van der Waals surface area contributed by atoms with Crippen LogP contribution in [0.4, 0.5) is 23.7 Å². The summed E-state index contributed by atoms with van der Waals surface area (Å²) in [6.45, 7) is 1.99. The van der Waals surface area contributed by atoms with E-state index in [9.17, 15) is 32.9 Å². The highest BCUT2D eigenvalue weighted by molar-refractivity contribution is 8.18. The van der Waals surface area contributed by atoms with E-state index in [4.69, 9.17) is 4.74 Å². The molecule has 184 valence electrons. The van der Waals surface area contributed by atoms with Gasteiger partial charge in [0.2, 0.25) is 5.75 Å². The molecule has 0 aliphatic carbocycles. The van der Waals surface area contributed by atoms with Crippen LogP contribution in [-0.2, 0) is 17.5 Å². The second-order valence-corrected chi connectivity index (χ2v) is 8.83. The Hall–Kier alpha value is -4.12. The van der Waals surface area contributed by atoms with Gasteiger partial charge in [0, 0.05) is 11.6 Å². The Morgan fingerprint density at radius 2 is 1.78 bits per heavy atom. The fourth-order valence-corrected chi connectivity index (χ4v) is 4.33. The number of benzene rings is 3. The first kappa shape index (κ1) is 25.0. The van der Waals surface area contributed by atoms with E-state index in [0.29, 0.717) is 17.7 Å². The number of hydrogen-bond acceptors (Lipinski definition) is 6. The van der Waals surface area contributed by atoms with Gasteiger partial charge in [-0.3, -0.25) is 24.6 Å². The SMILES string of the molecule is Cc1cccc(CN2C(=O)S/C(=C/c3ccccc3Oc3ccc(C(F)(F)F)cc3[N+](=O)[O-])C2=O)c1. The Kier molecular flexibility index (Phi) is 6.84. The standard InChI is InChI=1S/C25H17F3N2O5S/c1-15-5-4-6-16(11-15)14-29-23(31)22(36-24(29)32)12-17-7-2-3-8-20(17)35-21-10-9-18(25(26,27)28)13-19(21)30(33)34/h2-13H,14H2,1H3/b22-12+. The lowest BCUT2D eigenvalue weighted by atomic mass is 10.1. The molecule has 1 heterocycles. The first-order chi connectivity index (χ1) is 17.0. The van der Waals surface area contributed by atoms with Crippen LogP contribution in [0.1, 0.15) is 22.3 Å². The third kappa shape index (κ3) is 5.41. The number of ether oxygens (including phenoxy) is 1.